The van der Waals surface area contributed by atoms with Gasteiger partial charge in [-0.3, -0.25) is 4.79 Å². The average Bonchev–Trinajstić information content (AvgIpc) is 3.09. The van der Waals surface area contributed by atoms with E-state index in [0.717, 1.165) is 30.1 Å². The van der Waals surface area contributed by atoms with Crippen LogP contribution in [0.5, 0.6) is 0 Å². The van der Waals surface area contributed by atoms with Crippen molar-refractivity contribution in [2.45, 2.75) is 125 Å². The van der Waals surface area contributed by atoms with E-state index in [1.54, 1.807) is 0 Å². The number of rotatable bonds is 7. The van der Waals surface area contributed by atoms with Crippen molar-refractivity contribution >= 4 is 14.3 Å². The van der Waals surface area contributed by atoms with Crippen molar-refractivity contribution in [3.8, 4) is 0 Å². The maximum Gasteiger partial charge on any atom is 0.303 e. The number of fused-ring (bicyclic) bond motifs is 5. The number of aliphatic carboxylic acids is 1. The minimum absolute atomic E-state index is 0.321. The van der Waals surface area contributed by atoms with Crippen LogP contribution in [0.2, 0.25) is 19.6 Å². The fraction of sp³-hybridized carbons (Fsp3) is 0.967. The van der Waals surface area contributed by atoms with Gasteiger partial charge in [0, 0.05) is 6.42 Å². The van der Waals surface area contributed by atoms with E-state index >= 15 is 0 Å². The first-order chi connectivity index (χ1) is 15.8. The van der Waals surface area contributed by atoms with Crippen LogP contribution in [-0.2, 0) is 9.22 Å². The normalized spacial score (nSPS) is 47.4. The Morgan fingerprint density at radius 2 is 1.68 bits per heavy atom. The lowest BCUT2D eigenvalue weighted by molar-refractivity contribution is -0.193. The van der Waals surface area contributed by atoms with E-state index in [0.29, 0.717) is 47.0 Å². The molecule has 4 saturated carbocycles. The molecule has 4 rings (SSSR count). The van der Waals surface area contributed by atoms with Gasteiger partial charge in [0.05, 0.1) is 6.10 Å². The number of carbonyl (C=O) groups is 1. The molecule has 196 valence electrons. The van der Waals surface area contributed by atoms with E-state index in [9.17, 15) is 9.90 Å². The SMILES string of the molecule is CC[C@H]1[C@@H](O[Si](C)(C)C)[C@@H]2[C@H](CC[C@]3(C)[C@@H]([C@H](C)CCC(=O)O)CC[C@@H]23)[C@@]2(C)CC[C@@H](C)C[C@@H]12. The largest absolute Gasteiger partial charge is 0.481 e. The first kappa shape index (κ1) is 26.7. The zero-order chi connectivity index (χ0) is 25.1. The van der Waals surface area contributed by atoms with Crippen molar-refractivity contribution in [3.05, 3.63) is 0 Å². The third kappa shape index (κ3) is 4.57. The van der Waals surface area contributed by atoms with Gasteiger partial charge in [0.15, 0.2) is 8.32 Å². The molecule has 0 bridgehead atoms. The molecule has 0 heterocycles. The van der Waals surface area contributed by atoms with Crippen molar-refractivity contribution in [1.82, 2.24) is 0 Å². The van der Waals surface area contributed by atoms with Crippen molar-refractivity contribution in [3.63, 3.8) is 0 Å². The summed E-state index contributed by atoms with van der Waals surface area (Å²) in [7, 11) is -1.67. The predicted octanol–water partition coefficient (Wildman–Crippen LogP) is 8.25. The van der Waals surface area contributed by atoms with Gasteiger partial charge in [-0.15, -0.1) is 0 Å². The molecular weight excluding hydrogens is 436 g/mol. The molecule has 0 spiro atoms. The summed E-state index contributed by atoms with van der Waals surface area (Å²) in [6, 6.07) is 0. The summed E-state index contributed by atoms with van der Waals surface area (Å²) in [5.74, 6) is 5.16. The van der Waals surface area contributed by atoms with Crippen LogP contribution in [0.1, 0.15) is 98.8 Å². The van der Waals surface area contributed by atoms with Crippen LogP contribution in [-0.4, -0.2) is 25.5 Å². The first-order valence-electron chi connectivity index (χ1n) is 14.7. The second-order valence-corrected chi connectivity index (χ2v) is 19.1. The van der Waals surface area contributed by atoms with Crippen LogP contribution in [0, 0.1) is 58.2 Å². The molecule has 0 saturated heterocycles. The molecule has 0 aromatic heterocycles. The maximum atomic E-state index is 11.3. The van der Waals surface area contributed by atoms with Crippen LogP contribution >= 0.6 is 0 Å². The van der Waals surface area contributed by atoms with Crippen molar-refractivity contribution in [2.75, 3.05) is 0 Å². The summed E-state index contributed by atoms with van der Waals surface area (Å²) < 4.78 is 7.27. The molecule has 3 nitrogen and oxygen atoms in total. The van der Waals surface area contributed by atoms with Crippen LogP contribution < -0.4 is 0 Å². The molecule has 4 heteroatoms. The van der Waals surface area contributed by atoms with E-state index in [1.807, 2.05) is 0 Å². The molecule has 0 amide bonds. The van der Waals surface area contributed by atoms with E-state index in [1.165, 1.54) is 51.4 Å². The fourth-order valence-electron chi connectivity index (χ4n) is 10.2. The molecule has 4 fully saturated rings. The Kier molecular flexibility index (Phi) is 7.47. The van der Waals surface area contributed by atoms with Crippen molar-refractivity contribution < 1.29 is 14.3 Å². The number of hydrogen-bond donors (Lipinski definition) is 1. The Morgan fingerprint density at radius 3 is 2.29 bits per heavy atom. The van der Waals surface area contributed by atoms with Crippen molar-refractivity contribution in [2.24, 2.45) is 58.2 Å². The van der Waals surface area contributed by atoms with Gasteiger partial charge in [0.2, 0.25) is 0 Å². The minimum atomic E-state index is -1.67. The molecule has 4 aliphatic rings. The van der Waals surface area contributed by atoms with E-state index in [4.69, 9.17) is 4.43 Å². The standard InChI is InChI=1S/C30H54O3Si/c1-9-21-25-18-19(2)14-16-30(25,5)24-15-17-29(4)22(20(3)10-13-26(31)32)11-12-23(29)27(24)28(21)33-34(6,7)8/h19-25,27-28H,9-18H2,1-8H3,(H,31,32)/t19-,20-,21-,22-,23+,24+,25+,27+,28-,29-,30-/m1/s1. The third-order valence-electron chi connectivity index (χ3n) is 11.7. The first-order valence-corrected chi connectivity index (χ1v) is 18.1. The second-order valence-electron chi connectivity index (χ2n) is 14.7. The summed E-state index contributed by atoms with van der Waals surface area (Å²) >= 11 is 0. The van der Waals surface area contributed by atoms with Gasteiger partial charge in [0.1, 0.15) is 0 Å². The molecule has 1 N–H and O–H groups in total. The van der Waals surface area contributed by atoms with Crippen LogP contribution in [0.4, 0.5) is 0 Å². The van der Waals surface area contributed by atoms with Gasteiger partial charge in [-0.05, 0) is 123 Å². The quantitative estimate of drug-likeness (QED) is 0.365. The highest BCUT2D eigenvalue weighted by atomic mass is 28.4. The zero-order valence-corrected chi connectivity index (χ0v) is 24.5. The molecular formula is C30H54O3Si. The average molecular weight is 491 g/mol. The van der Waals surface area contributed by atoms with Crippen molar-refractivity contribution in [1.29, 1.82) is 0 Å². The second kappa shape index (κ2) is 9.51. The molecule has 0 unspecified atom stereocenters. The minimum Gasteiger partial charge on any atom is -0.481 e. The smallest absolute Gasteiger partial charge is 0.303 e. The lowest BCUT2D eigenvalue weighted by Gasteiger charge is -2.66. The molecule has 0 aromatic carbocycles. The molecule has 0 aromatic rings. The molecule has 0 aliphatic heterocycles. The molecule has 0 radical (unpaired) electrons. The Balaban J connectivity index is 1.70. The van der Waals surface area contributed by atoms with Gasteiger partial charge in [0.25, 0.3) is 0 Å². The third-order valence-corrected chi connectivity index (χ3v) is 12.7. The summed E-state index contributed by atoms with van der Waals surface area (Å²) in [5, 5.41) is 9.30. The highest BCUT2D eigenvalue weighted by Gasteiger charge is 2.65. The monoisotopic (exact) mass is 490 g/mol. The van der Waals surface area contributed by atoms with Crippen LogP contribution in [0.15, 0.2) is 0 Å². The van der Waals surface area contributed by atoms with Gasteiger partial charge >= 0.3 is 5.97 Å². The Morgan fingerprint density at radius 1 is 1.03 bits per heavy atom. The van der Waals surface area contributed by atoms with Crippen LogP contribution in [0.25, 0.3) is 0 Å². The summed E-state index contributed by atoms with van der Waals surface area (Å²) in [5.41, 5.74) is 0.828. The van der Waals surface area contributed by atoms with E-state index in [-0.39, 0.29) is 0 Å². The number of hydrogen-bond acceptors (Lipinski definition) is 2. The molecule has 4 aliphatic carbocycles. The summed E-state index contributed by atoms with van der Waals surface area (Å²) in [6.45, 7) is 19.8. The zero-order valence-electron chi connectivity index (χ0n) is 23.5. The predicted molar refractivity (Wildman–Crippen MR) is 143 cm³/mol. The topological polar surface area (TPSA) is 46.5 Å². The van der Waals surface area contributed by atoms with Gasteiger partial charge in [-0.2, -0.15) is 0 Å². The highest BCUT2D eigenvalue weighted by molar-refractivity contribution is 6.69. The van der Waals surface area contributed by atoms with E-state index < -0.39 is 14.3 Å². The summed E-state index contributed by atoms with van der Waals surface area (Å²) in [6.07, 6.45) is 12.4. The van der Waals surface area contributed by atoms with Crippen LogP contribution in [0.3, 0.4) is 0 Å². The number of carboxylic acid groups (broad SMARTS) is 1. The fourth-order valence-corrected chi connectivity index (χ4v) is 11.4. The lowest BCUT2D eigenvalue weighted by atomic mass is 9.41. The Bertz CT molecular complexity index is 746. The van der Waals surface area contributed by atoms with Gasteiger partial charge < -0.3 is 9.53 Å². The number of carboxylic acids is 1. The highest BCUT2D eigenvalue weighted by Crippen LogP contribution is 2.70. The Labute approximate surface area is 211 Å². The lowest BCUT2D eigenvalue weighted by Crippen LogP contribution is -2.63. The van der Waals surface area contributed by atoms with E-state index in [2.05, 4.69) is 54.3 Å². The van der Waals surface area contributed by atoms with Gasteiger partial charge in [-0.1, -0.05) is 47.5 Å². The molecule has 34 heavy (non-hydrogen) atoms. The molecule has 11 atom stereocenters. The van der Waals surface area contributed by atoms with Gasteiger partial charge in [-0.25, -0.2) is 0 Å². The Hall–Kier alpha value is -0.353. The maximum absolute atomic E-state index is 11.3. The summed E-state index contributed by atoms with van der Waals surface area (Å²) in [4.78, 5) is 11.3.